The fraction of sp³-hybridized carbons (Fsp3) is 0.143. The number of nitrogens with one attached hydrogen (secondary N) is 2. The number of hydrogen-bond donors (Lipinski definition) is 2. The van der Waals surface area contributed by atoms with Gasteiger partial charge in [0.05, 0.1) is 5.69 Å². The van der Waals surface area contributed by atoms with Crippen LogP contribution < -0.4 is 10.6 Å². The molecular weight excluding hydrogens is 454 g/mol. The molecule has 174 valence electrons. The van der Waals surface area contributed by atoms with Crippen LogP contribution in [0.1, 0.15) is 35.7 Å². The molecule has 0 atom stereocenters. The van der Waals surface area contributed by atoms with Gasteiger partial charge >= 0.3 is 0 Å². The van der Waals surface area contributed by atoms with Crippen molar-refractivity contribution >= 4 is 50.7 Å². The van der Waals surface area contributed by atoms with Crippen molar-refractivity contribution in [3.63, 3.8) is 0 Å². The molecule has 0 fully saturated rings. The molecule has 5 aromatic rings. The summed E-state index contributed by atoms with van der Waals surface area (Å²) >= 11 is 5.40. The molecule has 0 radical (unpaired) electrons. The van der Waals surface area contributed by atoms with Crippen LogP contribution in [0.25, 0.3) is 27.5 Å². The number of anilines is 1. The van der Waals surface area contributed by atoms with Gasteiger partial charge in [0.1, 0.15) is 11.0 Å². The van der Waals surface area contributed by atoms with Crippen LogP contribution in [0.3, 0.4) is 0 Å². The van der Waals surface area contributed by atoms with Gasteiger partial charge < -0.3 is 5.32 Å². The van der Waals surface area contributed by atoms with Crippen molar-refractivity contribution in [3.8, 4) is 5.69 Å². The lowest BCUT2D eigenvalue weighted by Gasteiger charge is -2.11. The number of thiocarbonyl (C=S) groups is 1. The molecule has 7 heteroatoms. The zero-order valence-electron chi connectivity index (χ0n) is 19.4. The molecule has 4 aromatic carbocycles. The fourth-order valence-corrected chi connectivity index (χ4v) is 4.25. The number of aromatic nitrogens is 3. The molecule has 0 aliphatic heterocycles. The van der Waals surface area contributed by atoms with Crippen LogP contribution in [0.5, 0.6) is 0 Å². The van der Waals surface area contributed by atoms with Crippen molar-refractivity contribution in [3.05, 3.63) is 96.1 Å². The highest BCUT2D eigenvalue weighted by Gasteiger charge is 2.12. The van der Waals surface area contributed by atoms with E-state index in [0.717, 1.165) is 39.6 Å². The smallest absolute Gasteiger partial charge is 0.258 e. The van der Waals surface area contributed by atoms with E-state index in [-0.39, 0.29) is 11.0 Å². The molecule has 35 heavy (non-hydrogen) atoms. The average Bonchev–Trinajstić information content (AvgIpc) is 3.31. The van der Waals surface area contributed by atoms with Gasteiger partial charge in [0.25, 0.3) is 5.91 Å². The van der Waals surface area contributed by atoms with Crippen LogP contribution in [-0.4, -0.2) is 26.0 Å². The Bertz CT molecular complexity index is 1520. The number of carbonyl (C=O) groups is 1. The molecule has 5 rings (SSSR count). The Hall–Kier alpha value is -4.10. The number of aryl methyl sites for hydroxylation is 1. The van der Waals surface area contributed by atoms with Gasteiger partial charge in [-0.1, -0.05) is 61.9 Å². The number of nitrogens with zero attached hydrogens (tertiary/aromatic N) is 3. The van der Waals surface area contributed by atoms with Gasteiger partial charge in [0.2, 0.25) is 0 Å². The molecule has 1 aromatic heterocycles. The van der Waals surface area contributed by atoms with Gasteiger partial charge in [-0.05, 0) is 77.8 Å². The third-order valence-corrected chi connectivity index (χ3v) is 6.09. The van der Waals surface area contributed by atoms with E-state index in [1.807, 2.05) is 66.7 Å². The van der Waals surface area contributed by atoms with Crippen molar-refractivity contribution in [1.82, 2.24) is 20.3 Å². The number of benzene rings is 4. The van der Waals surface area contributed by atoms with Crippen LogP contribution in [0.2, 0.25) is 0 Å². The van der Waals surface area contributed by atoms with Crippen molar-refractivity contribution in [2.24, 2.45) is 0 Å². The predicted octanol–water partition coefficient (Wildman–Crippen LogP) is 6.04. The molecule has 0 saturated heterocycles. The maximum absolute atomic E-state index is 12.8. The molecule has 0 spiro atoms. The number of fused-ring (bicyclic) bond motifs is 2. The second-order valence-corrected chi connectivity index (χ2v) is 8.81. The topological polar surface area (TPSA) is 71.8 Å². The van der Waals surface area contributed by atoms with E-state index in [0.29, 0.717) is 5.56 Å². The Morgan fingerprint density at radius 2 is 1.69 bits per heavy atom. The summed E-state index contributed by atoms with van der Waals surface area (Å²) in [5, 5.41) is 17.2. The minimum Gasteiger partial charge on any atom is -0.332 e. The molecular formula is C28H25N5OS. The molecule has 1 heterocycles. The SMILES string of the molecule is CCCCc1ccc(-n2nc3ccc(NC(=S)NC(=O)c4cccc5ccccc45)cc3n2)cc1. The molecule has 1 amide bonds. The summed E-state index contributed by atoms with van der Waals surface area (Å²) in [4.78, 5) is 14.5. The zero-order chi connectivity index (χ0) is 24.2. The lowest BCUT2D eigenvalue weighted by atomic mass is 10.0. The van der Waals surface area contributed by atoms with Crippen LogP contribution in [0, 0.1) is 0 Å². The van der Waals surface area contributed by atoms with E-state index in [9.17, 15) is 4.79 Å². The third kappa shape index (κ3) is 5.05. The first-order chi connectivity index (χ1) is 17.1. The minimum atomic E-state index is -0.256. The highest BCUT2D eigenvalue weighted by molar-refractivity contribution is 7.80. The van der Waals surface area contributed by atoms with Gasteiger partial charge in [-0.3, -0.25) is 10.1 Å². The van der Waals surface area contributed by atoms with E-state index in [1.54, 1.807) is 10.9 Å². The van der Waals surface area contributed by atoms with Gasteiger partial charge in [-0.2, -0.15) is 4.80 Å². The first-order valence-electron chi connectivity index (χ1n) is 11.7. The average molecular weight is 480 g/mol. The lowest BCUT2D eigenvalue weighted by molar-refractivity contribution is 0.0979. The first kappa shape index (κ1) is 22.7. The van der Waals surface area contributed by atoms with Crippen molar-refractivity contribution < 1.29 is 4.79 Å². The van der Waals surface area contributed by atoms with E-state index < -0.39 is 0 Å². The summed E-state index contributed by atoms with van der Waals surface area (Å²) in [5.41, 5.74) is 5.03. The monoisotopic (exact) mass is 479 g/mol. The van der Waals surface area contributed by atoms with Gasteiger partial charge in [-0.15, -0.1) is 10.2 Å². The van der Waals surface area contributed by atoms with E-state index >= 15 is 0 Å². The standard InChI is InChI=1S/C28H25N5OS/c1-2-3-7-19-12-15-22(16-13-19)33-31-25-17-14-21(18-26(25)32-33)29-28(35)30-27(34)24-11-6-9-20-8-4-5-10-23(20)24/h4-6,8-18H,2-3,7H2,1H3,(H2,29,30,34,35). The Morgan fingerprint density at radius 1 is 0.914 bits per heavy atom. The molecule has 0 aliphatic carbocycles. The largest absolute Gasteiger partial charge is 0.332 e. The van der Waals surface area contributed by atoms with E-state index in [4.69, 9.17) is 12.2 Å². The summed E-state index contributed by atoms with van der Waals surface area (Å²) in [7, 11) is 0. The Kier molecular flexibility index (Phi) is 6.50. The second-order valence-electron chi connectivity index (χ2n) is 8.40. The summed E-state index contributed by atoms with van der Waals surface area (Å²) in [6.07, 6.45) is 3.45. The van der Waals surface area contributed by atoms with Crippen LogP contribution in [0.15, 0.2) is 84.9 Å². The Labute approximate surface area is 209 Å². The highest BCUT2D eigenvalue weighted by Crippen LogP contribution is 2.20. The Balaban J connectivity index is 1.29. The van der Waals surface area contributed by atoms with Gasteiger partial charge in [0, 0.05) is 11.3 Å². The third-order valence-electron chi connectivity index (χ3n) is 5.89. The molecule has 6 nitrogen and oxygen atoms in total. The van der Waals surface area contributed by atoms with Gasteiger partial charge in [-0.25, -0.2) is 0 Å². The normalized spacial score (nSPS) is 11.0. The number of carbonyl (C=O) groups excluding carboxylic acids is 1. The minimum absolute atomic E-state index is 0.220. The summed E-state index contributed by atoms with van der Waals surface area (Å²) in [5.74, 6) is -0.256. The van der Waals surface area contributed by atoms with Gasteiger partial charge in [0.15, 0.2) is 5.11 Å². The zero-order valence-corrected chi connectivity index (χ0v) is 20.2. The maximum Gasteiger partial charge on any atom is 0.258 e. The number of hydrogen-bond acceptors (Lipinski definition) is 4. The predicted molar refractivity (Wildman–Crippen MR) is 145 cm³/mol. The highest BCUT2D eigenvalue weighted by atomic mass is 32.1. The molecule has 2 N–H and O–H groups in total. The molecule has 0 unspecified atom stereocenters. The molecule has 0 bridgehead atoms. The number of rotatable bonds is 6. The van der Waals surface area contributed by atoms with E-state index in [1.165, 1.54) is 18.4 Å². The van der Waals surface area contributed by atoms with Crippen molar-refractivity contribution in [1.29, 1.82) is 0 Å². The second kappa shape index (κ2) is 10.0. The molecule has 0 saturated carbocycles. The van der Waals surface area contributed by atoms with Crippen molar-refractivity contribution in [2.45, 2.75) is 26.2 Å². The number of amides is 1. The maximum atomic E-state index is 12.8. The summed E-state index contributed by atoms with van der Waals surface area (Å²) in [6, 6.07) is 27.4. The fourth-order valence-electron chi connectivity index (χ4n) is 4.04. The number of unbranched alkanes of at least 4 members (excludes halogenated alkanes) is 1. The van der Waals surface area contributed by atoms with Crippen LogP contribution in [0.4, 0.5) is 5.69 Å². The summed E-state index contributed by atoms with van der Waals surface area (Å²) in [6.45, 7) is 2.20. The lowest BCUT2D eigenvalue weighted by Crippen LogP contribution is -2.34. The summed E-state index contributed by atoms with van der Waals surface area (Å²) < 4.78 is 0. The first-order valence-corrected chi connectivity index (χ1v) is 12.1. The van der Waals surface area contributed by atoms with E-state index in [2.05, 4.69) is 39.9 Å². The van der Waals surface area contributed by atoms with Crippen LogP contribution >= 0.6 is 12.2 Å². The van der Waals surface area contributed by atoms with Crippen molar-refractivity contribution in [2.75, 3.05) is 5.32 Å². The molecule has 0 aliphatic rings. The Morgan fingerprint density at radius 3 is 2.51 bits per heavy atom. The quantitative estimate of drug-likeness (QED) is 0.290. The van der Waals surface area contributed by atoms with Crippen LogP contribution in [-0.2, 0) is 6.42 Å².